The first-order chi connectivity index (χ1) is 9.18. The van der Waals surface area contributed by atoms with Gasteiger partial charge in [-0.15, -0.1) is 0 Å². The number of aromatic carboxylic acids is 1. The normalized spacial score (nSPS) is 16.9. The molecule has 0 aliphatic carbocycles. The second-order valence-corrected chi connectivity index (χ2v) is 6.08. The van der Waals surface area contributed by atoms with Crippen molar-refractivity contribution in [2.45, 2.75) is 25.8 Å². The van der Waals surface area contributed by atoms with E-state index in [0.717, 1.165) is 24.2 Å². The van der Waals surface area contributed by atoms with Gasteiger partial charge < -0.3 is 9.67 Å². The Kier molecular flexibility index (Phi) is 3.22. The molecule has 0 atom stereocenters. The van der Waals surface area contributed by atoms with Crippen molar-refractivity contribution in [3.63, 3.8) is 0 Å². The number of aromatic nitrogens is 2. The van der Waals surface area contributed by atoms with Gasteiger partial charge in [-0.2, -0.15) is 11.8 Å². The van der Waals surface area contributed by atoms with Crippen molar-refractivity contribution in [3.8, 4) is 0 Å². The van der Waals surface area contributed by atoms with E-state index in [9.17, 15) is 9.90 Å². The van der Waals surface area contributed by atoms with Gasteiger partial charge in [0.2, 0.25) is 0 Å². The summed E-state index contributed by atoms with van der Waals surface area (Å²) in [5.41, 5.74) is 1.87. The Hall–Kier alpha value is -1.49. The van der Waals surface area contributed by atoms with E-state index < -0.39 is 5.97 Å². The molecule has 0 unspecified atom stereocenters. The van der Waals surface area contributed by atoms with Gasteiger partial charge in [-0.3, -0.25) is 0 Å². The number of rotatable bonds is 2. The van der Waals surface area contributed by atoms with Crippen LogP contribution in [0.4, 0.5) is 0 Å². The third-order valence-corrected chi connectivity index (χ3v) is 4.73. The van der Waals surface area contributed by atoms with Crippen molar-refractivity contribution in [2.24, 2.45) is 0 Å². The van der Waals surface area contributed by atoms with Crippen LogP contribution in [0, 0.1) is 6.92 Å². The number of nitrogens with zero attached hydrogens (tertiary/aromatic N) is 2. The summed E-state index contributed by atoms with van der Waals surface area (Å²) in [5, 5.41) is 9.24. The largest absolute Gasteiger partial charge is 0.478 e. The van der Waals surface area contributed by atoms with Crippen LogP contribution in [0.5, 0.6) is 0 Å². The van der Waals surface area contributed by atoms with Gasteiger partial charge in [0.05, 0.1) is 11.1 Å². The number of carboxylic acids is 1. The lowest BCUT2D eigenvalue weighted by molar-refractivity contribution is 0.0699. The summed E-state index contributed by atoms with van der Waals surface area (Å²) in [7, 11) is 0. The van der Waals surface area contributed by atoms with Crippen LogP contribution >= 0.6 is 11.8 Å². The van der Waals surface area contributed by atoms with E-state index in [1.54, 1.807) is 12.1 Å². The number of benzene rings is 1. The molecule has 0 bridgehead atoms. The third-order valence-electron chi connectivity index (χ3n) is 3.68. The number of hydrogen-bond acceptors (Lipinski definition) is 3. The molecule has 1 aliphatic heterocycles. The molecule has 0 saturated carbocycles. The first-order valence-corrected chi connectivity index (χ1v) is 7.62. The van der Waals surface area contributed by atoms with Crippen LogP contribution in [0.15, 0.2) is 18.2 Å². The van der Waals surface area contributed by atoms with Gasteiger partial charge in [0.15, 0.2) is 0 Å². The summed E-state index contributed by atoms with van der Waals surface area (Å²) in [4.78, 5) is 15.7. The fraction of sp³-hybridized carbons (Fsp3) is 0.429. The van der Waals surface area contributed by atoms with Crippen LogP contribution in [0.3, 0.4) is 0 Å². The maximum absolute atomic E-state index is 11.3. The summed E-state index contributed by atoms with van der Waals surface area (Å²) in [6.07, 6.45) is 2.27. The summed E-state index contributed by atoms with van der Waals surface area (Å²) in [5.74, 6) is 2.35. The van der Waals surface area contributed by atoms with Gasteiger partial charge in [0.1, 0.15) is 11.3 Å². The van der Waals surface area contributed by atoms with E-state index in [1.165, 1.54) is 11.5 Å². The van der Waals surface area contributed by atoms with E-state index in [1.807, 2.05) is 24.8 Å². The van der Waals surface area contributed by atoms with E-state index in [2.05, 4.69) is 9.55 Å². The zero-order chi connectivity index (χ0) is 13.4. The number of carboxylic acid groups (broad SMARTS) is 1. The topological polar surface area (TPSA) is 55.1 Å². The van der Waals surface area contributed by atoms with Gasteiger partial charge in [-0.05, 0) is 43.4 Å². The van der Waals surface area contributed by atoms with Crippen LogP contribution in [0.25, 0.3) is 11.0 Å². The predicted molar refractivity (Wildman–Crippen MR) is 77.0 cm³/mol. The summed E-state index contributed by atoms with van der Waals surface area (Å²) in [6, 6.07) is 5.86. The fourth-order valence-corrected chi connectivity index (χ4v) is 3.89. The van der Waals surface area contributed by atoms with Crippen molar-refractivity contribution in [1.82, 2.24) is 9.55 Å². The molecule has 5 heteroatoms. The number of para-hydroxylation sites is 1. The molecular weight excluding hydrogens is 260 g/mol. The SMILES string of the molecule is Cc1nc2c(C(=O)O)cccc2n1C1CCSCC1. The summed E-state index contributed by atoms with van der Waals surface area (Å²) < 4.78 is 2.22. The molecule has 3 rings (SSSR count). The van der Waals surface area contributed by atoms with E-state index >= 15 is 0 Å². The molecule has 100 valence electrons. The minimum Gasteiger partial charge on any atom is -0.478 e. The minimum atomic E-state index is -0.908. The van der Waals surface area contributed by atoms with E-state index in [-0.39, 0.29) is 0 Å². The molecule has 0 radical (unpaired) electrons. The molecule has 1 aromatic heterocycles. The second-order valence-electron chi connectivity index (χ2n) is 4.85. The number of carbonyl (C=O) groups is 1. The molecule has 19 heavy (non-hydrogen) atoms. The fourth-order valence-electron chi connectivity index (χ4n) is 2.81. The summed E-state index contributed by atoms with van der Waals surface area (Å²) in [6.45, 7) is 1.97. The molecular formula is C14H16N2O2S. The van der Waals surface area contributed by atoms with Crippen LogP contribution in [-0.2, 0) is 0 Å². The quantitative estimate of drug-likeness (QED) is 0.915. The Morgan fingerprint density at radius 1 is 1.42 bits per heavy atom. The van der Waals surface area contributed by atoms with Crippen LogP contribution < -0.4 is 0 Å². The Bertz CT molecular complexity index is 630. The number of aryl methyl sites for hydroxylation is 1. The zero-order valence-electron chi connectivity index (χ0n) is 10.8. The number of thioether (sulfide) groups is 1. The van der Waals surface area contributed by atoms with Gasteiger partial charge in [0, 0.05) is 6.04 Å². The smallest absolute Gasteiger partial charge is 0.337 e. The van der Waals surface area contributed by atoms with Crippen molar-refractivity contribution in [2.75, 3.05) is 11.5 Å². The first kappa shape index (κ1) is 12.5. The molecule has 0 amide bonds. The van der Waals surface area contributed by atoms with Crippen LogP contribution in [0.2, 0.25) is 0 Å². The molecule has 2 heterocycles. The lowest BCUT2D eigenvalue weighted by Crippen LogP contribution is -2.16. The zero-order valence-corrected chi connectivity index (χ0v) is 11.6. The Labute approximate surface area is 115 Å². The van der Waals surface area contributed by atoms with Gasteiger partial charge in [-0.1, -0.05) is 6.07 Å². The number of imidazole rings is 1. The molecule has 2 aromatic rings. The van der Waals surface area contributed by atoms with Crippen molar-refractivity contribution in [1.29, 1.82) is 0 Å². The van der Waals surface area contributed by atoms with E-state index in [0.29, 0.717) is 17.1 Å². The van der Waals surface area contributed by atoms with Crippen LogP contribution in [0.1, 0.15) is 35.1 Å². The number of fused-ring (bicyclic) bond motifs is 1. The predicted octanol–water partition coefficient (Wildman–Crippen LogP) is 3.11. The standard InChI is InChI=1S/C14H16N2O2S/c1-9-15-13-11(14(17)18)3-2-4-12(13)16(9)10-5-7-19-8-6-10/h2-4,10H,5-8H2,1H3,(H,17,18). The van der Waals surface area contributed by atoms with Gasteiger partial charge in [-0.25, -0.2) is 9.78 Å². The monoisotopic (exact) mass is 276 g/mol. The molecule has 1 saturated heterocycles. The van der Waals surface area contributed by atoms with Gasteiger partial charge >= 0.3 is 5.97 Å². The third kappa shape index (κ3) is 2.12. The average Bonchev–Trinajstić information content (AvgIpc) is 2.75. The average molecular weight is 276 g/mol. The molecule has 4 nitrogen and oxygen atoms in total. The Morgan fingerprint density at radius 2 is 2.16 bits per heavy atom. The Morgan fingerprint density at radius 3 is 2.84 bits per heavy atom. The maximum Gasteiger partial charge on any atom is 0.337 e. The second kappa shape index (κ2) is 4.89. The molecule has 1 fully saturated rings. The highest BCUT2D eigenvalue weighted by Gasteiger charge is 2.22. The highest BCUT2D eigenvalue weighted by atomic mass is 32.2. The minimum absolute atomic E-state index is 0.296. The highest BCUT2D eigenvalue weighted by Crippen LogP contribution is 2.32. The first-order valence-electron chi connectivity index (χ1n) is 6.47. The maximum atomic E-state index is 11.3. The van der Waals surface area contributed by atoms with E-state index in [4.69, 9.17) is 0 Å². The molecule has 1 aromatic carbocycles. The van der Waals surface area contributed by atoms with Crippen molar-refractivity contribution in [3.05, 3.63) is 29.6 Å². The highest BCUT2D eigenvalue weighted by molar-refractivity contribution is 7.99. The lowest BCUT2D eigenvalue weighted by Gasteiger charge is -2.24. The molecule has 0 spiro atoms. The number of hydrogen-bond donors (Lipinski definition) is 1. The Balaban J connectivity index is 2.17. The molecule has 1 N–H and O–H groups in total. The lowest BCUT2D eigenvalue weighted by atomic mass is 10.1. The van der Waals surface area contributed by atoms with Crippen LogP contribution in [-0.4, -0.2) is 32.1 Å². The van der Waals surface area contributed by atoms with Crippen molar-refractivity contribution >= 4 is 28.8 Å². The van der Waals surface area contributed by atoms with Gasteiger partial charge in [0.25, 0.3) is 0 Å². The molecule has 1 aliphatic rings. The van der Waals surface area contributed by atoms with Crippen molar-refractivity contribution < 1.29 is 9.90 Å². The summed E-state index contributed by atoms with van der Waals surface area (Å²) >= 11 is 1.99.